The van der Waals surface area contributed by atoms with Gasteiger partial charge >= 0.3 is 6.09 Å². The number of likely N-dealkylation sites (N-methyl/N-ethyl adjacent to an activating group) is 1. The molecule has 1 aliphatic carbocycles. The maximum Gasteiger partial charge on any atom is 0.436 e. The predicted octanol–water partition coefficient (Wildman–Crippen LogP) is 5.15. The number of hydroxylamine groups is 2. The van der Waals surface area contributed by atoms with Gasteiger partial charge in [-0.3, -0.25) is 14.4 Å². The van der Waals surface area contributed by atoms with Gasteiger partial charge in [0, 0.05) is 26.6 Å². The lowest BCUT2D eigenvalue weighted by Crippen LogP contribution is -2.65. The van der Waals surface area contributed by atoms with Gasteiger partial charge in [-0.05, 0) is 41.6 Å². The number of carbonyl (C=O) groups is 4. The lowest BCUT2D eigenvalue weighted by Gasteiger charge is -2.45. The Morgan fingerprint density at radius 3 is 2.45 bits per heavy atom. The van der Waals surface area contributed by atoms with E-state index in [1.54, 1.807) is 14.1 Å². The number of amides is 3. The van der Waals surface area contributed by atoms with E-state index < -0.39 is 18.4 Å². The summed E-state index contributed by atoms with van der Waals surface area (Å²) in [6.07, 6.45) is 6.10. The summed E-state index contributed by atoms with van der Waals surface area (Å²) >= 11 is 0. The molecule has 2 aliphatic rings. The summed E-state index contributed by atoms with van der Waals surface area (Å²) in [7, 11) is 3.33. The van der Waals surface area contributed by atoms with Crippen molar-refractivity contribution in [3.05, 3.63) is 48.0 Å². The zero-order valence-electron chi connectivity index (χ0n) is 27.0. The first-order valence-corrected chi connectivity index (χ1v) is 15.9. The van der Waals surface area contributed by atoms with Crippen LogP contribution in [-0.4, -0.2) is 85.1 Å². The van der Waals surface area contributed by atoms with Gasteiger partial charge in [-0.15, -0.1) is 0 Å². The summed E-state index contributed by atoms with van der Waals surface area (Å²) in [6.45, 7) is 6.61. The largest absolute Gasteiger partial charge is 0.443 e. The van der Waals surface area contributed by atoms with Crippen LogP contribution in [0.3, 0.4) is 0 Å². The zero-order chi connectivity index (χ0) is 32.1. The number of hydrogen-bond acceptors (Lipinski definition) is 7. The third-order valence-electron chi connectivity index (χ3n) is 8.17. The molecule has 0 bridgehead atoms. The van der Waals surface area contributed by atoms with E-state index >= 15 is 0 Å². The van der Waals surface area contributed by atoms with Crippen molar-refractivity contribution in [1.29, 1.82) is 0 Å². The molecule has 2 unspecified atom stereocenters. The summed E-state index contributed by atoms with van der Waals surface area (Å²) in [6, 6.07) is 13.6. The SMILES string of the molecule is CC1CCCCC1.CNC(=O)CCN(C)CC1N(CC=O)C(=O)C(CC(C)C)ON1C(=O)OCc1cccc2ccccc12. The second-order valence-corrected chi connectivity index (χ2v) is 12.3. The second kappa shape index (κ2) is 17.7. The normalized spacial score (nSPS) is 19.1. The van der Waals surface area contributed by atoms with E-state index in [0.717, 1.165) is 27.3 Å². The summed E-state index contributed by atoms with van der Waals surface area (Å²) in [5, 5.41) is 5.64. The molecule has 10 nitrogen and oxygen atoms in total. The number of fused-ring (bicyclic) bond motifs is 1. The van der Waals surface area contributed by atoms with E-state index in [0.29, 0.717) is 19.3 Å². The quantitative estimate of drug-likeness (QED) is 0.351. The van der Waals surface area contributed by atoms with Crippen molar-refractivity contribution in [3.63, 3.8) is 0 Å². The molecule has 44 heavy (non-hydrogen) atoms. The van der Waals surface area contributed by atoms with Crippen LogP contribution in [0.5, 0.6) is 0 Å². The molecule has 0 aromatic heterocycles. The van der Waals surface area contributed by atoms with Crippen molar-refractivity contribution in [2.75, 3.05) is 33.7 Å². The number of benzene rings is 2. The van der Waals surface area contributed by atoms with Crippen molar-refractivity contribution >= 4 is 35.0 Å². The number of aldehydes is 1. The lowest BCUT2D eigenvalue weighted by atomic mass is 9.91. The van der Waals surface area contributed by atoms with Gasteiger partial charge in [0.1, 0.15) is 19.1 Å². The molecule has 1 saturated heterocycles. The molecule has 2 aromatic rings. The Labute approximate surface area is 262 Å². The van der Waals surface area contributed by atoms with Gasteiger partial charge in [0.25, 0.3) is 5.91 Å². The molecule has 2 aromatic carbocycles. The Balaban J connectivity index is 0.000000662. The highest BCUT2D eigenvalue weighted by atomic mass is 16.7. The summed E-state index contributed by atoms with van der Waals surface area (Å²) in [4.78, 5) is 58.9. The minimum absolute atomic E-state index is 0.00967. The van der Waals surface area contributed by atoms with E-state index in [2.05, 4.69) is 12.2 Å². The Bertz CT molecular complexity index is 1230. The minimum Gasteiger partial charge on any atom is -0.443 e. The lowest BCUT2D eigenvalue weighted by molar-refractivity contribution is -0.257. The molecule has 0 radical (unpaired) electrons. The second-order valence-electron chi connectivity index (χ2n) is 12.3. The number of rotatable bonds is 11. The van der Waals surface area contributed by atoms with Crippen molar-refractivity contribution < 1.29 is 28.8 Å². The van der Waals surface area contributed by atoms with Crippen LogP contribution >= 0.6 is 0 Å². The maximum absolute atomic E-state index is 13.4. The van der Waals surface area contributed by atoms with Crippen molar-refractivity contribution in [2.24, 2.45) is 11.8 Å². The van der Waals surface area contributed by atoms with Gasteiger partial charge in [0.15, 0.2) is 6.10 Å². The molecule has 1 heterocycles. The molecule has 4 rings (SSSR count). The highest BCUT2D eigenvalue weighted by molar-refractivity contribution is 5.86. The van der Waals surface area contributed by atoms with Gasteiger partial charge < -0.3 is 24.6 Å². The van der Waals surface area contributed by atoms with E-state index in [1.807, 2.05) is 61.2 Å². The summed E-state index contributed by atoms with van der Waals surface area (Å²) in [5.41, 5.74) is 0.835. The highest BCUT2D eigenvalue weighted by Gasteiger charge is 2.45. The third kappa shape index (κ3) is 10.3. The van der Waals surface area contributed by atoms with E-state index in [4.69, 9.17) is 9.57 Å². The summed E-state index contributed by atoms with van der Waals surface area (Å²) in [5.74, 6) is 0.667. The van der Waals surface area contributed by atoms with Gasteiger partial charge in [-0.25, -0.2) is 4.79 Å². The van der Waals surface area contributed by atoms with E-state index in [9.17, 15) is 19.2 Å². The molecule has 10 heteroatoms. The van der Waals surface area contributed by atoms with E-state index in [1.165, 1.54) is 37.0 Å². The average Bonchev–Trinajstić information content (AvgIpc) is 3.02. The topological polar surface area (TPSA) is 108 Å². The fourth-order valence-corrected chi connectivity index (χ4v) is 5.63. The van der Waals surface area contributed by atoms with E-state index in [-0.39, 0.29) is 43.8 Å². The van der Waals surface area contributed by atoms with Crippen LogP contribution in [0, 0.1) is 11.8 Å². The summed E-state index contributed by atoms with van der Waals surface area (Å²) < 4.78 is 5.67. The van der Waals surface area contributed by atoms with Crippen molar-refractivity contribution in [3.8, 4) is 0 Å². The Hall–Kier alpha value is -3.50. The van der Waals surface area contributed by atoms with Crippen LogP contribution in [0.2, 0.25) is 0 Å². The molecular formula is C34H50N4O6. The molecule has 2 atom stereocenters. The Kier molecular flexibility index (Phi) is 14.1. The van der Waals surface area contributed by atoms with Crippen LogP contribution < -0.4 is 5.32 Å². The number of hydrogen-bond donors (Lipinski definition) is 1. The van der Waals surface area contributed by atoms with Gasteiger partial charge in [-0.1, -0.05) is 95.3 Å². The van der Waals surface area contributed by atoms with Crippen LogP contribution in [0.1, 0.15) is 71.3 Å². The average molecular weight is 611 g/mol. The highest BCUT2D eigenvalue weighted by Crippen LogP contribution is 2.26. The third-order valence-corrected chi connectivity index (χ3v) is 8.17. The first-order valence-electron chi connectivity index (χ1n) is 15.9. The fourth-order valence-electron chi connectivity index (χ4n) is 5.63. The maximum atomic E-state index is 13.4. The van der Waals surface area contributed by atoms with Gasteiger partial charge in [0.05, 0.1) is 6.54 Å². The standard InChI is InChI=1S/C27H36N4O6.C7H14/c1-19(2)16-23-26(34)30(14-15-32)25(17-29(4)13-12-24(33)28-3)31(37-23)27(35)36-18-21-10-7-9-20-8-5-6-11-22(20)21;1-7-5-3-2-4-6-7/h5-11,15,19,23,25H,12-14,16-18H2,1-4H3,(H,28,33);7H,2-6H2,1H3. The first-order chi connectivity index (χ1) is 21.1. The van der Waals surface area contributed by atoms with Crippen LogP contribution in [0.15, 0.2) is 42.5 Å². The molecular weight excluding hydrogens is 560 g/mol. The predicted molar refractivity (Wildman–Crippen MR) is 170 cm³/mol. The van der Waals surface area contributed by atoms with Gasteiger partial charge in [-0.2, -0.15) is 5.06 Å². The Morgan fingerprint density at radius 1 is 1.11 bits per heavy atom. The number of nitrogens with one attached hydrogen (secondary N) is 1. The zero-order valence-corrected chi connectivity index (χ0v) is 27.0. The van der Waals surface area contributed by atoms with Crippen molar-refractivity contribution in [2.45, 2.75) is 84.6 Å². The molecule has 1 saturated carbocycles. The molecule has 1 N–H and O–H groups in total. The van der Waals surface area contributed by atoms with Gasteiger partial charge in [0.2, 0.25) is 5.91 Å². The minimum atomic E-state index is -0.919. The molecule has 2 fully saturated rings. The molecule has 1 aliphatic heterocycles. The first kappa shape index (κ1) is 35.0. The van der Waals surface area contributed by atoms with Crippen LogP contribution in [-0.2, 0) is 30.6 Å². The molecule has 0 spiro atoms. The Morgan fingerprint density at radius 2 is 1.82 bits per heavy atom. The number of nitrogens with zero attached hydrogens (tertiary/aromatic N) is 3. The van der Waals surface area contributed by atoms with Crippen LogP contribution in [0.4, 0.5) is 4.79 Å². The smallest absolute Gasteiger partial charge is 0.436 e. The molecule has 242 valence electrons. The monoisotopic (exact) mass is 610 g/mol. The number of ether oxygens (including phenoxy) is 1. The number of carbonyl (C=O) groups excluding carboxylic acids is 4. The molecule has 3 amide bonds. The van der Waals surface area contributed by atoms with Crippen molar-refractivity contribution in [1.82, 2.24) is 20.2 Å². The van der Waals surface area contributed by atoms with Crippen LogP contribution in [0.25, 0.3) is 10.8 Å². The fraction of sp³-hybridized carbons (Fsp3) is 0.588.